The normalized spacial score (nSPS) is 22.1. The number of hydrogen-bond acceptors (Lipinski definition) is 2. The zero-order valence-corrected chi connectivity index (χ0v) is 12.9. The van der Waals surface area contributed by atoms with Crippen molar-refractivity contribution in [1.82, 2.24) is 0 Å². The topological polar surface area (TPSA) is 26.3 Å². The van der Waals surface area contributed by atoms with Gasteiger partial charge in [-0.3, -0.25) is 4.79 Å². The molecule has 1 aliphatic rings. The van der Waals surface area contributed by atoms with Crippen LogP contribution in [0.1, 0.15) is 52.9 Å². The fourth-order valence-corrected chi connectivity index (χ4v) is 2.66. The molecule has 1 unspecified atom stereocenters. The number of carbonyl (C=O) groups is 1. The number of carbonyl (C=O) groups excluding carboxylic acids is 1. The van der Waals surface area contributed by atoms with Crippen molar-refractivity contribution in [3.63, 3.8) is 0 Å². The van der Waals surface area contributed by atoms with E-state index in [1.54, 1.807) is 7.11 Å². The van der Waals surface area contributed by atoms with Gasteiger partial charge in [0.1, 0.15) is 5.78 Å². The average Bonchev–Trinajstić information content (AvgIpc) is 2.71. The Kier molecular flexibility index (Phi) is 6.50. The van der Waals surface area contributed by atoms with Crippen LogP contribution in [0.5, 0.6) is 0 Å². The molecule has 0 saturated carbocycles. The van der Waals surface area contributed by atoms with Gasteiger partial charge in [-0.15, -0.1) is 0 Å². The number of rotatable bonds is 9. The quantitative estimate of drug-likeness (QED) is 0.580. The Morgan fingerprint density at radius 1 is 1.32 bits per heavy atom. The van der Waals surface area contributed by atoms with E-state index in [-0.39, 0.29) is 0 Å². The van der Waals surface area contributed by atoms with Crippen molar-refractivity contribution in [3.05, 3.63) is 23.8 Å². The molecule has 0 aliphatic heterocycles. The van der Waals surface area contributed by atoms with Crippen molar-refractivity contribution in [2.24, 2.45) is 11.3 Å². The van der Waals surface area contributed by atoms with Crippen molar-refractivity contribution in [2.45, 2.75) is 52.9 Å². The highest BCUT2D eigenvalue weighted by atomic mass is 16.5. The average molecular weight is 264 g/mol. The number of hydrogen-bond donors (Lipinski definition) is 0. The van der Waals surface area contributed by atoms with Crippen LogP contribution in [-0.2, 0) is 9.53 Å². The molecule has 0 heterocycles. The highest BCUT2D eigenvalue weighted by Crippen LogP contribution is 2.36. The number of Topliss-reactive ketones (excluding diaryl/α,β-unsaturated/α-hetero) is 1. The van der Waals surface area contributed by atoms with Crippen LogP contribution in [-0.4, -0.2) is 19.5 Å². The molecule has 0 radical (unpaired) electrons. The number of unbranched alkanes of at least 4 members (excludes halogenated alkanes) is 2. The molecule has 1 atom stereocenters. The second-order valence-electron chi connectivity index (χ2n) is 6.03. The maximum Gasteiger partial charge on any atom is 0.149 e. The molecule has 2 nitrogen and oxygen atoms in total. The molecule has 0 amide bonds. The Morgan fingerprint density at radius 3 is 2.58 bits per heavy atom. The minimum absolute atomic E-state index is 0.307. The Balaban J connectivity index is 2.42. The monoisotopic (exact) mass is 264 g/mol. The largest absolute Gasteiger partial charge is 0.383 e. The predicted octanol–water partition coefficient (Wildman–Crippen LogP) is 4.31. The number of ether oxygens (including phenoxy) is 1. The Labute approximate surface area is 117 Å². The Hall–Kier alpha value is -0.890. The molecule has 0 aromatic rings. The van der Waals surface area contributed by atoms with Gasteiger partial charge in [-0.2, -0.15) is 0 Å². The van der Waals surface area contributed by atoms with Crippen molar-refractivity contribution in [2.75, 3.05) is 13.7 Å². The third-order valence-corrected chi connectivity index (χ3v) is 3.99. The van der Waals surface area contributed by atoms with Crippen molar-refractivity contribution < 1.29 is 9.53 Å². The van der Waals surface area contributed by atoms with Crippen LogP contribution in [0.3, 0.4) is 0 Å². The summed E-state index contributed by atoms with van der Waals surface area (Å²) in [5.41, 5.74) is 0.633. The fraction of sp³-hybridized carbons (Fsp3) is 0.706. The summed E-state index contributed by atoms with van der Waals surface area (Å²) >= 11 is 0. The standard InChI is InChI=1S/C17H28O2/c1-14(2)9-6-5-7-11-16(18)17(13-19-4)12-8-10-15(17)3/h8,10,12,14H,5-7,9,11,13H2,1-4H3. The first kappa shape index (κ1) is 16.2. The smallest absolute Gasteiger partial charge is 0.149 e. The van der Waals surface area contributed by atoms with Crippen LogP contribution < -0.4 is 0 Å². The van der Waals surface area contributed by atoms with E-state index in [0.29, 0.717) is 18.8 Å². The summed E-state index contributed by atoms with van der Waals surface area (Å²) in [6, 6.07) is 0. The maximum absolute atomic E-state index is 12.5. The summed E-state index contributed by atoms with van der Waals surface area (Å²) in [5.74, 6) is 1.07. The third-order valence-electron chi connectivity index (χ3n) is 3.99. The lowest BCUT2D eigenvalue weighted by atomic mass is 9.78. The molecule has 0 N–H and O–H groups in total. The van der Waals surface area contributed by atoms with Gasteiger partial charge < -0.3 is 4.74 Å². The predicted molar refractivity (Wildman–Crippen MR) is 80.1 cm³/mol. The Bertz CT molecular complexity index is 352. The van der Waals surface area contributed by atoms with Gasteiger partial charge >= 0.3 is 0 Å². The number of allylic oxidation sites excluding steroid dienone is 2. The van der Waals surface area contributed by atoms with Gasteiger partial charge in [0.25, 0.3) is 0 Å². The molecule has 0 aromatic heterocycles. The van der Waals surface area contributed by atoms with Crippen LogP contribution in [0, 0.1) is 11.3 Å². The molecule has 2 heteroatoms. The summed E-state index contributed by atoms with van der Waals surface area (Å²) in [6.07, 6.45) is 11.3. The molecule has 1 aliphatic carbocycles. The maximum atomic E-state index is 12.5. The summed E-state index contributed by atoms with van der Waals surface area (Å²) < 4.78 is 5.27. The lowest BCUT2D eigenvalue weighted by Gasteiger charge is -2.27. The molecule has 0 saturated heterocycles. The minimum atomic E-state index is -0.479. The molecule has 19 heavy (non-hydrogen) atoms. The molecule has 0 spiro atoms. The van der Waals surface area contributed by atoms with E-state index in [1.165, 1.54) is 12.8 Å². The highest BCUT2D eigenvalue weighted by Gasteiger charge is 2.38. The van der Waals surface area contributed by atoms with Crippen LogP contribution in [0.25, 0.3) is 0 Å². The third kappa shape index (κ3) is 4.31. The second-order valence-corrected chi connectivity index (χ2v) is 6.03. The molecule has 0 aromatic carbocycles. The van der Waals surface area contributed by atoms with Gasteiger partial charge in [-0.05, 0) is 19.3 Å². The molecule has 1 rings (SSSR count). The van der Waals surface area contributed by atoms with E-state index in [9.17, 15) is 4.79 Å². The molecule has 0 fully saturated rings. The highest BCUT2D eigenvalue weighted by molar-refractivity contribution is 5.91. The molecule has 108 valence electrons. The second kappa shape index (κ2) is 7.64. The van der Waals surface area contributed by atoms with E-state index in [2.05, 4.69) is 13.8 Å². The first-order valence-electron chi connectivity index (χ1n) is 7.42. The van der Waals surface area contributed by atoms with E-state index in [4.69, 9.17) is 4.74 Å². The summed E-state index contributed by atoms with van der Waals surface area (Å²) in [6.45, 7) is 6.98. The van der Waals surface area contributed by atoms with Crippen molar-refractivity contribution >= 4 is 5.78 Å². The van der Waals surface area contributed by atoms with Crippen LogP contribution in [0.15, 0.2) is 23.8 Å². The van der Waals surface area contributed by atoms with E-state index >= 15 is 0 Å². The fourth-order valence-electron chi connectivity index (χ4n) is 2.66. The minimum Gasteiger partial charge on any atom is -0.383 e. The van der Waals surface area contributed by atoms with Crippen LogP contribution >= 0.6 is 0 Å². The first-order chi connectivity index (χ1) is 9.03. The van der Waals surface area contributed by atoms with E-state index in [0.717, 1.165) is 24.3 Å². The first-order valence-corrected chi connectivity index (χ1v) is 7.42. The van der Waals surface area contributed by atoms with E-state index < -0.39 is 5.41 Å². The van der Waals surface area contributed by atoms with Gasteiger partial charge in [0.2, 0.25) is 0 Å². The number of methoxy groups -OCH3 is 1. The number of ketones is 1. The summed E-state index contributed by atoms with van der Waals surface area (Å²) in [5, 5.41) is 0. The molecular weight excluding hydrogens is 236 g/mol. The Morgan fingerprint density at radius 2 is 2.05 bits per heavy atom. The lowest BCUT2D eigenvalue weighted by Crippen LogP contribution is -2.33. The lowest BCUT2D eigenvalue weighted by molar-refractivity contribution is -0.126. The molecular formula is C17H28O2. The van der Waals surface area contributed by atoms with E-state index in [1.807, 2.05) is 25.2 Å². The summed E-state index contributed by atoms with van der Waals surface area (Å²) in [4.78, 5) is 12.5. The van der Waals surface area contributed by atoms with Gasteiger partial charge in [0.05, 0.1) is 12.0 Å². The van der Waals surface area contributed by atoms with Gasteiger partial charge in [-0.25, -0.2) is 0 Å². The van der Waals surface area contributed by atoms with Gasteiger partial charge in [0.15, 0.2) is 0 Å². The zero-order chi connectivity index (χ0) is 14.3. The summed E-state index contributed by atoms with van der Waals surface area (Å²) in [7, 11) is 1.66. The van der Waals surface area contributed by atoms with Gasteiger partial charge in [0, 0.05) is 13.5 Å². The zero-order valence-electron chi connectivity index (χ0n) is 12.9. The van der Waals surface area contributed by atoms with Crippen LogP contribution in [0.2, 0.25) is 0 Å². The molecule has 0 bridgehead atoms. The van der Waals surface area contributed by atoms with Gasteiger partial charge in [-0.1, -0.05) is 56.9 Å². The van der Waals surface area contributed by atoms with Crippen molar-refractivity contribution in [1.29, 1.82) is 0 Å². The SMILES string of the molecule is COCC1(C(=O)CCCCCC(C)C)C=CC=C1C. The van der Waals surface area contributed by atoms with Crippen LogP contribution in [0.4, 0.5) is 0 Å². The van der Waals surface area contributed by atoms with Crippen molar-refractivity contribution in [3.8, 4) is 0 Å².